The number of hydrogen-bond acceptors (Lipinski definition) is 3. The number of rotatable bonds is 2. The lowest BCUT2D eigenvalue weighted by Crippen LogP contribution is -3.06. The average molecular weight is 318 g/mol. The fourth-order valence-corrected chi connectivity index (χ4v) is 2.85. The van der Waals surface area contributed by atoms with Gasteiger partial charge in [0.2, 0.25) is 0 Å². The van der Waals surface area contributed by atoms with Crippen LogP contribution in [0.25, 0.3) is 5.57 Å². The van der Waals surface area contributed by atoms with Crippen molar-refractivity contribution in [2.24, 2.45) is 0 Å². The van der Waals surface area contributed by atoms with Crippen LogP contribution < -0.4 is 5.06 Å². The third-order valence-electron chi connectivity index (χ3n) is 2.64. The number of nitrogens with one attached hydrogen (secondary N) is 1. The van der Waals surface area contributed by atoms with E-state index in [-0.39, 0.29) is 21.5 Å². The first kappa shape index (κ1) is 14.3. The van der Waals surface area contributed by atoms with E-state index in [9.17, 15) is 13.6 Å². The molecule has 1 aromatic rings. The normalized spacial score (nSPS) is 18.9. The molecule has 100 valence electrons. The SMILES string of the molecule is O=S(=O)=C1C(c2ccccc2CCl)=CC(Cl)=C[NH+]1[O-]. The van der Waals surface area contributed by atoms with Crippen molar-refractivity contribution in [1.82, 2.24) is 0 Å². The smallest absolute Gasteiger partial charge is 0.277 e. The zero-order valence-electron chi connectivity index (χ0n) is 9.56. The monoisotopic (exact) mass is 317 g/mol. The standard InChI is InChI=1S/C12H9Cl2NO3S/c13-6-8-3-1-2-4-10(8)11-5-9(14)7-15(16)12(11)19(17)18/h1-5,7,15H,6H2. The van der Waals surface area contributed by atoms with Gasteiger partial charge in [0.1, 0.15) is 6.20 Å². The van der Waals surface area contributed by atoms with Gasteiger partial charge in [-0.25, -0.2) is 0 Å². The Balaban J connectivity index is 2.71. The van der Waals surface area contributed by atoms with E-state index in [0.29, 0.717) is 5.56 Å². The lowest BCUT2D eigenvalue weighted by Gasteiger charge is -2.23. The van der Waals surface area contributed by atoms with Crippen LogP contribution in [-0.4, -0.2) is 13.4 Å². The van der Waals surface area contributed by atoms with Crippen LogP contribution in [-0.2, 0) is 16.2 Å². The Morgan fingerprint density at radius 3 is 2.58 bits per heavy atom. The summed E-state index contributed by atoms with van der Waals surface area (Å²) in [5, 5.41) is 11.3. The third-order valence-corrected chi connectivity index (χ3v) is 3.90. The number of allylic oxidation sites excluding steroid dienone is 2. The number of quaternary nitrogens is 1. The maximum atomic E-state index is 11.8. The largest absolute Gasteiger partial charge is 0.623 e. The van der Waals surface area contributed by atoms with E-state index >= 15 is 0 Å². The van der Waals surface area contributed by atoms with Gasteiger partial charge in [-0.05, 0) is 17.2 Å². The summed E-state index contributed by atoms with van der Waals surface area (Å²) in [7, 11) is -2.64. The van der Waals surface area contributed by atoms with E-state index in [0.717, 1.165) is 11.8 Å². The summed E-state index contributed by atoms with van der Waals surface area (Å²) in [6, 6.07) is 7.01. The molecule has 0 aromatic heterocycles. The fourth-order valence-electron chi connectivity index (χ4n) is 1.84. The lowest BCUT2D eigenvalue weighted by atomic mass is 9.99. The Morgan fingerprint density at radius 2 is 1.95 bits per heavy atom. The molecule has 1 aromatic carbocycles. The highest BCUT2D eigenvalue weighted by atomic mass is 35.5. The third kappa shape index (κ3) is 2.91. The second-order valence-corrected chi connectivity index (χ2v) is 5.39. The zero-order chi connectivity index (χ0) is 14.0. The van der Waals surface area contributed by atoms with Crippen molar-refractivity contribution in [1.29, 1.82) is 0 Å². The molecule has 7 heteroatoms. The van der Waals surface area contributed by atoms with Crippen LogP contribution in [0.1, 0.15) is 11.1 Å². The van der Waals surface area contributed by atoms with E-state index in [1.165, 1.54) is 6.08 Å². The van der Waals surface area contributed by atoms with Crippen LogP contribution in [0, 0.1) is 5.21 Å². The van der Waals surface area contributed by atoms with Gasteiger partial charge in [-0.1, -0.05) is 35.9 Å². The molecule has 1 unspecified atom stereocenters. The first-order valence-corrected chi connectivity index (χ1v) is 7.27. The molecule has 4 nitrogen and oxygen atoms in total. The number of benzene rings is 1. The molecule has 0 saturated heterocycles. The summed E-state index contributed by atoms with van der Waals surface area (Å²) in [6.45, 7) is 0. The second-order valence-electron chi connectivity index (χ2n) is 3.81. The Bertz CT molecular complexity index is 699. The summed E-state index contributed by atoms with van der Waals surface area (Å²) >= 11 is 11.7. The van der Waals surface area contributed by atoms with Crippen molar-refractivity contribution in [2.75, 3.05) is 0 Å². The number of hydroxylamine groups is 2. The van der Waals surface area contributed by atoms with Crippen molar-refractivity contribution in [3.63, 3.8) is 0 Å². The van der Waals surface area contributed by atoms with E-state index in [1.807, 2.05) is 0 Å². The zero-order valence-corrected chi connectivity index (χ0v) is 11.9. The van der Waals surface area contributed by atoms with Gasteiger partial charge in [-0.3, -0.25) is 5.06 Å². The highest BCUT2D eigenvalue weighted by Crippen LogP contribution is 2.24. The lowest BCUT2D eigenvalue weighted by molar-refractivity contribution is -0.679. The topological polar surface area (TPSA) is 61.6 Å². The Labute approximate surface area is 121 Å². The van der Waals surface area contributed by atoms with Crippen molar-refractivity contribution < 1.29 is 13.5 Å². The minimum atomic E-state index is -2.64. The van der Waals surface area contributed by atoms with Crippen LogP contribution in [0.5, 0.6) is 0 Å². The van der Waals surface area contributed by atoms with Gasteiger partial charge in [0.25, 0.3) is 15.3 Å². The Morgan fingerprint density at radius 1 is 1.26 bits per heavy atom. The van der Waals surface area contributed by atoms with Gasteiger partial charge in [0, 0.05) is 5.88 Å². The summed E-state index contributed by atoms with van der Waals surface area (Å²) in [4.78, 5) is -0.290. The molecule has 0 bridgehead atoms. The molecule has 0 aliphatic carbocycles. The molecule has 19 heavy (non-hydrogen) atoms. The molecule has 1 N–H and O–H groups in total. The highest BCUT2D eigenvalue weighted by Gasteiger charge is 2.24. The molecule has 0 spiro atoms. The fraction of sp³-hybridized carbons (Fsp3) is 0.0833. The summed E-state index contributed by atoms with van der Waals surface area (Å²) in [5.41, 5.74) is 1.61. The minimum absolute atomic E-state index is 0.193. The van der Waals surface area contributed by atoms with Crippen LogP contribution in [0.4, 0.5) is 0 Å². The molecule has 1 aliphatic rings. The number of halogens is 2. The van der Waals surface area contributed by atoms with Gasteiger partial charge >= 0.3 is 0 Å². The van der Waals surface area contributed by atoms with Gasteiger partial charge in [0.05, 0.1) is 10.6 Å². The predicted octanol–water partition coefficient (Wildman–Crippen LogP) is 1.29. The van der Waals surface area contributed by atoms with Crippen molar-refractivity contribution in [2.45, 2.75) is 5.88 Å². The first-order chi connectivity index (χ1) is 9.04. The van der Waals surface area contributed by atoms with Crippen LogP contribution >= 0.6 is 23.2 Å². The van der Waals surface area contributed by atoms with Crippen LogP contribution in [0.15, 0.2) is 41.6 Å². The highest BCUT2D eigenvalue weighted by molar-refractivity contribution is 7.73. The van der Waals surface area contributed by atoms with Crippen molar-refractivity contribution in [3.8, 4) is 0 Å². The second kappa shape index (κ2) is 5.90. The minimum Gasteiger partial charge on any atom is -0.623 e. The van der Waals surface area contributed by atoms with Gasteiger partial charge in [-0.15, -0.1) is 11.6 Å². The maximum absolute atomic E-state index is 11.8. The van der Waals surface area contributed by atoms with E-state index in [4.69, 9.17) is 23.2 Å². The Kier molecular flexibility index (Phi) is 4.44. The molecule has 0 saturated carbocycles. The first-order valence-electron chi connectivity index (χ1n) is 5.28. The molecule has 0 fully saturated rings. The number of alkyl halides is 1. The van der Waals surface area contributed by atoms with Gasteiger partial charge < -0.3 is 5.21 Å². The van der Waals surface area contributed by atoms with Crippen LogP contribution in [0.2, 0.25) is 0 Å². The van der Waals surface area contributed by atoms with Crippen molar-refractivity contribution in [3.05, 3.63) is 57.9 Å². The summed E-state index contributed by atoms with van der Waals surface area (Å²) in [6.07, 6.45) is 2.54. The molecule has 2 rings (SSSR count). The Hall–Kier alpha value is -1.11. The molecule has 1 atom stereocenters. The van der Waals surface area contributed by atoms with E-state index in [1.54, 1.807) is 24.3 Å². The van der Waals surface area contributed by atoms with Crippen molar-refractivity contribution >= 4 is 44.1 Å². The molecule has 1 heterocycles. The molecule has 0 radical (unpaired) electrons. The van der Waals surface area contributed by atoms with Gasteiger partial charge in [0.15, 0.2) is 0 Å². The van der Waals surface area contributed by atoms with E-state index in [2.05, 4.69) is 0 Å². The maximum Gasteiger partial charge on any atom is 0.277 e. The molecule has 1 aliphatic heterocycles. The molecule has 0 amide bonds. The molecular formula is C12H9Cl2NO3S. The van der Waals surface area contributed by atoms with Crippen LogP contribution in [0.3, 0.4) is 0 Å². The quantitative estimate of drug-likeness (QED) is 0.508. The predicted molar refractivity (Wildman–Crippen MR) is 76.2 cm³/mol. The summed E-state index contributed by atoms with van der Waals surface area (Å²) in [5.74, 6) is 0.210. The summed E-state index contributed by atoms with van der Waals surface area (Å²) < 4.78 is 22.5. The van der Waals surface area contributed by atoms with Gasteiger partial charge in [-0.2, -0.15) is 8.42 Å². The molecular weight excluding hydrogens is 309 g/mol. The number of hydrogen-bond donors (Lipinski definition) is 1. The average Bonchev–Trinajstić information content (AvgIpc) is 2.37. The van der Waals surface area contributed by atoms with E-state index < -0.39 is 15.4 Å².